The van der Waals surface area contributed by atoms with E-state index in [0.717, 1.165) is 29.3 Å². The van der Waals surface area contributed by atoms with E-state index in [-0.39, 0.29) is 11.5 Å². The number of halogens is 4. The molecular formula is C30H32ClF3N2O3. The van der Waals surface area contributed by atoms with Crippen LogP contribution in [0.3, 0.4) is 0 Å². The van der Waals surface area contributed by atoms with E-state index < -0.39 is 23.2 Å². The van der Waals surface area contributed by atoms with Crippen LogP contribution < -0.4 is 15.2 Å². The van der Waals surface area contributed by atoms with Gasteiger partial charge in [0, 0.05) is 5.56 Å². The fourth-order valence-corrected chi connectivity index (χ4v) is 4.46. The van der Waals surface area contributed by atoms with Gasteiger partial charge in [-0.25, -0.2) is 4.39 Å². The monoisotopic (exact) mass is 560 g/mol. The fourth-order valence-electron chi connectivity index (χ4n) is 4.21. The summed E-state index contributed by atoms with van der Waals surface area (Å²) < 4.78 is 50.7. The molecule has 1 aliphatic carbocycles. The van der Waals surface area contributed by atoms with Gasteiger partial charge in [-0.3, -0.25) is 4.79 Å². The van der Waals surface area contributed by atoms with Crippen molar-refractivity contribution in [2.75, 3.05) is 19.6 Å². The van der Waals surface area contributed by atoms with Crippen LogP contribution in [-0.2, 0) is 17.1 Å². The zero-order valence-electron chi connectivity index (χ0n) is 21.6. The summed E-state index contributed by atoms with van der Waals surface area (Å²) >= 11 is 6.27. The summed E-state index contributed by atoms with van der Waals surface area (Å²) in [6.07, 6.45) is 7.84. The SMILES string of the molecule is Clc1cc(CCCN2CCCC2)ccc1OC1CC1.NC(=O)C(F)(F)c1cccc(Oc2ccc(F)cc2)c1. The van der Waals surface area contributed by atoms with Crippen LogP contribution in [0.5, 0.6) is 17.2 Å². The van der Waals surface area contributed by atoms with Gasteiger partial charge < -0.3 is 20.1 Å². The third-order valence-electron chi connectivity index (χ3n) is 6.51. The molecule has 0 atom stereocenters. The second-order valence-corrected chi connectivity index (χ2v) is 10.2. The van der Waals surface area contributed by atoms with Gasteiger partial charge in [0.2, 0.25) is 0 Å². The van der Waals surface area contributed by atoms with Crippen molar-refractivity contribution in [1.82, 2.24) is 4.90 Å². The molecule has 2 N–H and O–H groups in total. The highest BCUT2D eigenvalue weighted by molar-refractivity contribution is 6.32. The molecule has 3 aromatic rings. The molecule has 5 nitrogen and oxygen atoms in total. The molecule has 1 saturated carbocycles. The first-order valence-electron chi connectivity index (χ1n) is 13.1. The van der Waals surface area contributed by atoms with Gasteiger partial charge in [0.05, 0.1) is 11.1 Å². The third kappa shape index (κ3) is 8.63. The first-order valence-corrected chi connectivity index (χ1v) is 13.5. The Balaban J connectivity index is 0.000000181. The van der Waals surface area contributed by atoms with Gasteiger partial charge in [-0.05, 0) is 112 Å². The molecule has 0 spiro atoms. The van der Waals surface area contributed by atoms with Gasteiger partial charge in [0.1, 0.15) is 23.1 Å². The molecule has 0 unspecified atom stereocenters. The van der Waals surface area contributed by atoms with E-state index in [4.69, 9.17) is 21.1 Å². The summed E-state index contributed by atoms with van der Waals surface area (Å²) in [7, 11) is 0. The quantitative estimate of drug-likeness (QED) is 0.287. The maximum Gasteiger partial charge on any atom is 0.349 e. The van der Waals surface area contributed by atoms with Crippen LogP contribution in [0.1, 0.15) is 43.2 Å². The number of hydrogen-bond donors (Lipinski definition) is 1. The normalized spacial score (nSPS) is 15.4. The number of benzene rings is 3. The standard InChI is InChI=1S/C16H22ClNO.C14H10F3NO2/c17-15-12-13(4-3-11-18-9-1-2-10-18)5-8-16(15)19-14-6-7-14;15-10-4-6-11(7-5-10)20-12-3-1-2-9(8-12)14(16,17)13(18)19/h5,8,12,14H,1-4,6-7,9-11H2;1-8H,(H2,18,19). The number of nitrogens with zero attached hydrogens (tertiary/aromatic N) is 1. The van der Waals surface area contributed by atoms with E-state index in [2.05, 4.69) is 22.8 Å². The van der Waals surface area contributed by atoms with Crippen LogP contribution in [0.4, 0.5) is 13.2 Å². The van der Waals surface area contributed by atoms with E-state index >= 15 is 0 Å². The van der Waals surface area contributed by atoms with Crippen molar-refractivity contribution in [3.63, 3.8) is 0 Å². The van der Waals surface area contributed by atoms with E-state index in [9.17, 15) is 18.0 Å². The summed E-state index contributed by atoms with van der Waals surface area (Å²) in [6.45, 7) is 3.79. The van der Waals surface area contributed by atoms with Crippen molar-refractivity contribution >= 4 is 17.5 Å². The highest BCUT2D eigenvalue weighted by atomic mass is 35.5. The topological polar surface area (TPSA) is 64.8 Å². The summed E-state index contributed by atoms with van der Waals surface area (Å²) in [5.74, 6) is -4.72. The Morgan fingerprint density at radius 3 is 2.36 bits per heavy atom. The number of alkyl halides is 2. The summed E-state index contributed by atoms with van der Waals surface area (Å²) in [5.41, 5.74) is 5.41. The minimum Gasteiger partial charge on any atom is -0.489 e. The lowest BCUT2D eigenvalue weighted by Gasteiger charge is -2.14. The van der Waals surface area contributed by atoms with E-state index in [1.165, 1.54) is 93.7 Å². The number of carbonyl (C=O) groups is 1. The lowest BCUT2D eigenvalue weighted by atomic mass is 10.1. The van der Waals surface area contributed by atoms with Crippen LogP contribution in [0.15, 0.2) is 66.7 Å². The Hall–Kier alpha value is -3.23. The van der Waals surface area contributed by atoms with Gasteiger partial charge in [0.25, 0.3) is 5.91 Å². The maximum atomic E-state index is 13.5. The molecule has 1 amide bonds. The van der Waals surface area contributed by atoms with Crippen LogP contribution in [0.25, 0.3) is 0 Å². The van der Waals surface area contributed by atoms with Crippen LogP contribution in [0.2, 0.25) is 5.02 Å². The van der Waals surface area contributed by atoms with Crippen molar-refractivity contribution in [3.8, 4) is 17.2 Å². The number of likely N-dealkylation sites (tertiary alicyclic amines) is 1. The molecule has 5 rings (SSSR count). The van der Waals surface area contributed by atoms with Gasteiger partial charge in [-0.1, -0.05) is 29.8 Å². The van der Waals surface area contributed by atoms with Crippen molar-refractivity contribution in [1.29, 1.82) is 0 Å². The molecule has 0 bridgehead atoms. The highest BCUT2D eigenvalue weighted by Gasteiger charge is 2.39. The number of aryl methyl sites for hydroxylation is 1. The Bertz CT molecular complexity index is 1250. The molecule has 0 aromatic heterocycles. The van der Waals surface area contributed by atoms with Gasteiger partial charge in [0.15, 0.2) is 0 Å². The molecule has 1 saturated heterocycles. The average Bonchev–Trinajstić information content (AvgIpc) is 3.58. The summed E-state index contributed by atoms with van der Waals surface area (Å²) in [4.78, 5) is 13.3. The summed E-state index contributed by atoms with van der Waals surface area (Å²) in [6, 6.07) is 16.2. The molecule has 2 aliphatic rings. The average molecular weight is 561 g/mol. The molecule has 208 valence electrons. The zero-order valence-corrected chi connectivity index (χ0v) is 22.3. The van der Waals surface area contributed by atoms with Gasteiger partial charge in [-0.2, -0.15) is 8.78 Å². The van der Waals surface area contributed by atoms with Crippen LogP contribution in [-0.4, -0.2) is 36.5 Å². The van der Waals surface area contributed by atoms with Crippen LogP contribution in [0, 0.1) is 5.82 Å². The molecule has 0 radical (unpaired) electrons. The number of amides is 1. The number of primary amides is 1. The lowest BCUT2D eigenvalue weighted by Crippen LogP contribution is -2.32. The second-order valence-electron chi connectivity index (χ2n) is 9.76. The van der Waals surface area contributed by atoms with Crippen molar-refractivity contribution < 1.29 is 27.4 Å². The third-order valence-corrected chi connectivity index (χ3v) is 6.80. The number of rotatable bonds is 10. The van der Waals surface area contributed by atoms with Crippen molar-refractivity contribution in [2.24, 2.45) is 5.73 Å². The number of hydrogen-bond acceptors (Lipinski definition) is 4. The minimum absolute atomic E-state index is 0.0926. The molecule has 1 aliphatic heterocycles. The van der Waals surface area contributed by atoms with E-state index in [1.54, 1.807) is 0 Å². The molecule has 1 heterocycles. The summed E-state index contributed by atoms with van der Waals surface area (Å²) in [5, 5.41) is 0.769. The molecule has 3 aromatic carbocycles. The first-order chi connectivity index (χ1) is 18.7. The van der Waals surface area contributed by atoms with Crippen LogP contribution >= 0.6 is 11.6 Å². The first kappa shape index (κ1) is 28.8. The molecular weight excluding hydrogens is 529 g/mol. The zero-order chi connectivity index (χ0) is 27.8. The predicted molar refractivity (Wildman–Crippen MR) is 145 cm³/mol. The maximum absolute atomic E-state index is 13.5. The molecule has 2 fully saturated rings. The molecule has 39 heavy (non-hydrogen) atoms. The second kappa shape index (κ2) is 13.2. The number of ether oxygens (including phenoxy) is 2. The van der Waals surface area contributed by atoms with Gasteiger partial charge in [-0.15, -0.1) is 0 Å². The fraction of sp³-hybridized carbons (Fsp3) is 0.367. The Kier molecular flexibility index (Phi) is 9.75. The minimum atomic E-state index is -3.78. The Labute approximate surface area is 231 Å². The van der Waals surface area contributed by atoms with E-state index in [1.807, 2.05) is 6.07 Å². The smallest absolute Gasteiger partial charge is 0.349 e. The Morgan fingerprint density at radius 1 is 1.00 bits per heavy atom. The lowest BCUT2D eigenvalue weighted by molar-refractivity contribution is -0.143. The largest absolute Gasteiger partial charge is 0.489 e. The Morgan fingerprint density at radius 2 is 1.72 bits per heavy atom. The van der Waals surface area contributed by atoms with Gasteiger partial charge >= 0.3 is 5.92 Å². The predicted octanol–water partition coefficient (Wildman–Crippen LogP) is 7.10. The van der Waals surface area contributed by atoms with Crippen molar-refractivity contribution in [3.05, 3.63) is 88.7 Å². The highest BCUT2D eigenvalue weighted by Crippen LogP contribution is 2.33. The number of carbonyl (C=O) groups excluding carboxylic acids is 1. The van der Waals surface area contributed by atoms with Crippen molar-refractivity contribution in [2.45, 2.75) is 50.6 Å². The van der Waals surface area contributed by atoms with E-state index in [0.29, 0.717) is 6.10 Å². The number of nitrogens with two attached hydrogens (primary N) is 1. The molecule has 9 heteroatoms.